The van der Waals surface area contributed by atoms with E-state index < -0.39 is 29.0 Å². The van der Waals surface area contributed by atoms with Crippen molar-refractivity contribution in [2.75, 3.05) is 27.7 Å². The minimum Gasteiger partial charge on any atom is -0.497 e. The molecule has 1 fully saturated rings. The number of hydrogen-bond donors (Lipinski definition) is 2. The van der Waals surface area contributed by atoms with Crippen molar-refractivity contribution in [3.8, 4) is 5.75 Å². The van der Waals surface area contributed by atoms with E-state index in [1.54, 1.807) is 25.3 Å². The SMILES string of the molecule is COc1cccc(C2(O)CCC(OC(=O)c3ccc4ccccc4c3)(C(N)=O)CC2CN(C)C)c1. The number of esters is 1. The van der Waals surface area contributed by atoms with E-state index in [-0.39, 0.29) is 19.3 Å². The Balaban J connectivity index is 1.66. The second-order valence-electron chi connectivity index (χ2n) is 9.63. The molecule has 0 spiro atoms. The summed E-state index contributed by atoms with van der Waals surface area (Å²) in [6.07, 6.45) is 0.416. The molecule has 3 aromatic rings. The third kappa shape index (κ3) is 4.88. The third-order valence-corrected chi connectivity index (χ3v) is 7.04. The smallest absolute Gasteiger partial charge is 0.339 e. The number of fused-ring (bicyclic) bond motifs is 1. The van der Waals surface area contributed by atoms with Crippen LogP contribution in [0, 0.1) is 5.92 Å². The highest BCUT2D eigenvalue weighted by atomic mass is 16.6. The molecule has 1 saturated carbocycles. The molecule has 7 nitrogen and oxygen atoms in total. The lowest BCUT2D eigenvalue weighted by atomic mass is 9.65. The van der Waals surface area contributed by atoms with Gasteiger partial charge in [-0.25, -0.2) is 4.79 Å². The van der Waals surface area contributed by atoms with Gasteiger partial charge < -0.3 is 25.2 Å². The molecule has 3 N–H and O–H groups in total. The number of primary amides is 1. The topological polar surface area (TPSA) is 102 Å². The van der Waals surface area contributed by atoms with Crippen LogP contribution in [0.3, 0.4) is 0 Å². The Kier molecular flexibility index (Phi) is 6.83. The number of nitrogens with zero attached hydrogens (tertiary/aromatic N) is 1. The van der Waals surface area contributed by atoms with Gasteiger partial charge in [-0.05, 0) is 67.5 Å². The summed E-state index contributed by atoms with van der Waals surface area (Å²) < 4.78 is 11.2. The average Bonchev–Trinajstić information content (AvgIpc) is 2.85. The highest BCUT2D eigenvalue weighted by Gasteiger charge is 2.54. The van der Waals surface area contributed by atoms with Gasteiger partial charge in [0.25, 0.3) is 5.91 Å². The molecule has 1 aliphatic carbocycles. The van der Waals surface area contributed by atoms with Gasteiger partial charge in [0.15, 0.2) is 5.60 Å². The average molecular weight is 477 g/mol. The number of rotatable bonds is 7. The van der Waals surface area contributed by atoms with Gasteiger partial charge >= 0.3 is 5.97 Å². The Morgan fingerprint density at radius 2 is 1.77 bits per heavy atom. The van der Waals surface area contributed by atoms with Crippen molar-refractivity contribution in [2.45, 2.75) is 30.5 Å². The molecule has 35 heavy (non-hydrogen) atoms. The Bertz CT molecular complexity index is 1240. The van der Waals surface area contributed by atoms with Gasteiger partial charge in [0.05, 0.1) is 18.3 Å². The molecule has 1 aliphatic rings. The van der Waals surface area contributed by atoms with Crippen LogP contribution >= 0.6 is 0 Å². The van der Waals surface area contributed by atoms with Crippen molar-refractivity contribution < 1.29 is 24.2 Å². The molecule has 0 bridgehead atoms. The molecule has 0 radical (unpaired) electrons. The molecule has 184 valence electrons. The van der Waals surface area contributed by atoms with Crippen molar-refractivity contribution in [3.05, 3.63) is 77.9 Å². The Labute approximate surface area is 205 Å². The van der Waals surface area contributed by atoms with E-state index in [0.717, 1.165) is 10.8 Å². The van der Waals surface area contributed by atoms with E-state index in [2.05, 4.69) is 0 Å². The summed E-state index contributed by atoms with van der Waals surface area (Å²) in [6.45, 7) is 0.469. The second kappa shape index (κ2) is 9.68. The molecule has 0 saturated heterocycles. The number of carbonyl (C=O) groups excluding carboxylic acids is 2. The molecule has 0 heterocycles. The Hall–Kier alpha value is -3.42. The van der Waals surface area contributed by atoms with Crippen LogP contribution < -0.4 is 10.5 Å². The highest BCUT2D eigenvalue weighted by molar-refractivity contribution is 5.97. The zero-order valence-corrected chi connectivity index (χ0v) is 20.4. The van der Waals surface area contributed by atoms with E-state index in [1.807, 2.05) is 67.5 Å². The normalized spacial score (nSPS) is 24.3. The number of aliphatic hydroxyl groups is 1. The predicted octanol–water partition coefficient (Wildman–Crippen LogP) is 3.48. The lowest BCUT2D eigenvalue weighted by Crippen LogP contribution is -2.57. The van der Waals surface area contributed by atoms with Gasteiger partial charge in [-0.1, -0.05) is 42.5 Å². The minimum atomic E-state index is -1.52. The summed E-state index contributed by atoms with van der Waals surface area (Å²) in [5.74, 6) is -1.10. The molecule has 3 atom stereocenters. The standard InChI is InChI=1S/C28H32N2O5/c1-30(2)18-23-17-27(26(29)32,13-14-28(23,33)22-9-6-10-24(16-22)34-3)35-25(31)21-12-11-19-7-4-5-8-20(19)15-21/h4-12,15-16,23,33H,13-14,17-18H2,1-3H3,(H2,29,32). The summed E-state index contributed by atoms with van der Waals surface area (Å²) in [5, 5.41) is 13.8. The van der Waals surface area contributed by atoms with Crippen molar-refractivity contribution in [2.24, 2.45) is 11.7 Å². The van der Waals surface area contributed by atoms with Crippen LogP contribution in [0.25, 0.3) is 10.8 Å². The first-order chi connectivity index (χ1) is 16.7. The van der Waals surface area contributed by atoms with Crippen LogP contribution in [0.15, 0.2) is 66.7 Å². The number of benzene rings is 3. The van der Waals surface area contributed by atoms with Crippen molar-refractivity contribution in [3.63, 3.8) is 0 Å². The van der Waals surface area contributed by atoms with Gasteiger partial charge in [-0.3, -0.25) is 4.79 Å². The summed E-state index contributed by atoms with van der Waals surface area (Å²) in [6, 6.07) is 20.3. The molecular formula is C28H32N2O5. The fourth-order valence-corrected chi connectivity index (χ4v) is 5.11. The van der Waals surface area contributed by atoms with Crippen LogP contribution in [0.2, 0.25) is 0 Å². The van der Waals surface area contributed by atoms with Crippen LogP contribution in [-0.4, -0.2) is 55.2 Å². The number of amides is 1. The molecular weight excluding hydrogens is 444 g/mol. The van der Waals surface area contributed by atoms with E-state index >= 15 is 0 Å². The summed E-state index contributed by atoms with van der Waals surface area (Å²) >= 11 is 0. The van der Waals surface area contributed by atoms with Gasteiger partial charge in [-0.15, -0.1) is 0 Å². The Morgan fingerprint density at radius 1 is 1.03 bits per heavy atom. The lowest BCUT2D eigenvalue weighted by Gasteiger charge is -2.48. The van der Waals surface area contributed by atoms with Gasteiger partial charge in [0, 0.05) is 18.9 Å². The molecule has 7 heteroatoms. The zero-order valence-electron chi connectivity index (χ0n) is 20.4. The van der Waals surface area contributed by atoms with Crippen LogP contribution in [0.4, 0.5) is 0 Å². The van der Waals surface area contributed by atoms with Crippen molar-refractivity contribution >= 4 is 22.6 Å². The number of nitrogens with two attached hydrogens (primary N) is 1. The number of methoxy groups -OCH3 is 1. The molecule has 0 aromatic heterocycles. The number of ether oxygens (including phenoxy) is 2. The van der Waals surface area contributed by atoms with Crippen LogP contribution in [0.1, 0.15) is 35.2 Å². The fraction of sp³-hybridized carbons (Fsp3) is 0.357. The summed E-state index contributed by atoms with van der Waals surface area (Å²) in [4.78, 5) is 27.9. The number of carbonyl (C=O) groups is 2. The van der Waals surface area contributed by atoms with E-state index in [1.165, 1.54) is 0 Å². The van der Waals surface area contributed by atoms with Gasteiger partial charge in [0.2, 0.25) is 0 Å². The van der Waals surface area contributed by atoms with Crippen molar-refractivity contribution in [1.82, 2.24) is 4.90 Å². The lowest BCUT2D eigenvalue weighted by molar-refractivity contribution is -0.160. The molecule has 3 unspecified atom stereocenters. The monoisotopic (exact) mass is 476 g/mol. The quantitative estimate of drug-likeness (QED) is 0.506. The molecule has 4 rings (SSSR count). The molecule has 1 amide bonds. The summed E-state index contributed by atoms with van der Waals surface area (Å²) in [7, 11) is 5.37. The Morgan fingerprint density at radius 3 is 2.46 bits per heavy atom. The fourth-order valence-electron chi connectivity index (χ4n) is 5.11. The third-order valence-electron chi connectivity index (χ3n) is 7.04. The second-order valence-corrected chi connectivity index (χ2v) is 9.63. The van der Waals surface area contributed by atoms with Gasteiger partial charge in [-0.2, -0.15) is 0 Å². The summed E-state index contributed by atoms with van der Waals surface area (Å²) in [5.41, 5.74) is 4.14. The first kappa shape index (κ1) is 24.7. The van der Waals surface area contributed by atoms with E-state index in [4.69, 9.17) is 15.2 Å². The maximum atomic E-state index is 13.2. The largest absolute Gasteiger partial charge is 0.497 e. The number of hydrogen-bond acceptors (Lipinski definition) is 6. The van der Waals surface area contributed by atoms with E-state index in [0.29, 0.717) is 23.4 Å². The first-order valence-electron chi connectivity index (χ1n) is 11.7. The molecule has 0 aliphatic heterocycles. The van der Waals surface area contributed by atoms with Crippen LogP contribution in [-0.2, 0) is 15.1 Å². The first-order valence-corrected chi connectivity index (χ1v) is 11.7. The van der Waals surface area contributed by atoms with Crippen molar-refractivity contribution in [1.29, 1.82) is 0 Å². The van der Waals surface area contributed by atoms with Crippen LogP contribution in [0.5, 0.6) is 5.75 Å². The molecule has 3 aromatic carbocycles. The van der Waals surface area contributed by atoms with Gasteiger partial charge in [0.1, 0.15) is 5.75 Å². The predicted molar refractivity (Wildman–Crippen MR) is 134 cm³/mol. The highest BCUT2D eigenvalue weighted by Crippen LogP contribution is 2.48. The maximum Gasteiger partial charge on any atom is 0.339 e. The van der Waals surface area contributed by atoms with E-state index in [9.17, 15) is 14.7 Å². The minimum absolute atomic E-state index is 0.105. The maximum absolute atomic E-state index is 13.2. The zero-order chi connectivity index (χ0) is 25.2.